The number of hydrogen-bond acceptors (Lipinski definition) is 5. The van der Waals surface area contributed by atoms with Gasteiger partial charge in [0.1, 0.15) is 6.61 Å². The standard InChI is InChI=1S/C18H26O6S/c19-17(25(21,22)23)12-16(11-14-7-3-1-4-8-14)18(20)24-13-15-9-5-2-6-10-15/h2,5-6,9-10,14,16-17,19H,1,3-4,7-8,11-13H2,(H,21,22,23)/t16?,17-/m0/s1. The monoisotopic (exact) mass is 370 g/mol. The van der Waals surface area contributed by atoms with Crippen LogP contribution in [-0.4, -0.2) is 29.5 Å². The number of esters is 1. The van der Waals surface area contributed by atoms with Crippen molar-refractivity contribution in [3.63, 3.8) is 0 Å². The zero-order valence-corrected chi connectivity index (χ0v) is 15.0. The van der Waals surface area contributed by atoms with Crippen molar-refractivity contribution in [2.45, 2.75) is 57.0 Å². The number of carbonyl (C=O) groups excluding carboxylic acids is 1. The average Bonchev–Trinajstić information content (AvgIpc) is 2.60. The van der Waals surface area contributed by atoms with E-state index in [9.17, 15) is 18.3 Å². The van der Waals surface area contributed by atoms with Gasteiger partial charge in [-0.1, -0.05) is 62.4 Å². The molecule has 2 atom stereocenters. The van der Waals surface area contributed by atoms with Gasteiger partial charge in [-0.15, -0.1) is 0 Å². The van der Waals surface area contributed by atoms with Crippen molar-refractivity contribution < 1.29 is 27.6 Å². The molecule has 1 aromatic rings. The first-order valence-electron chi connectivity index (χ1n) is 8.71. The van der Waals surface area contributed by atoms with E-state index in [1.165, 1.54) is 6.42 Å². The molecule has 1 aliphatic rings. The van der Waals surface area contributed by atoms with E-state index in [1.54, 1.807) is 0 Å². The van der Waals surface area contributed by atoms with E-state index in [1.807, 2.05) is 30.3 Å². The van der Waals surface area contributed by atoms with E-state index < -0.39 is 27.4 Å². The lowest BCUT2D eigenvalue weighted by Gasteiger charge is -2.26. The van der Waals surface area contributed by atoms with Gasteiger partial charge in [-0.3, -0.25) is 9.35 Å². The Balaban J connectivity index is 1.99. The first-order chi connectivity index (χ1) is 11.9. The van der Waals surface area contributed by atoms with E-state index in [-0.39, 0.29) is 13.0 Å². The van der Waals surface area contributed by atoms with Gasteiger partial charge in [0.15, 0.2) is 5.44 Å². The molecule has 1 aliphatic carbocycles. The smallest absolute Gasteiger partial charge is 0.309 e. The molecule has 7 heteroatoms. The zero-order valence-electron chi connectivity index (χ0n) is 14.2. The Labute approximate surface area is 149 Å². The van der Waals surface area contributed by atoms with Crippen molar-refractivity contribution in [2.24, 2.45) is 11.8 Å². The highest BCUT2D eigenvalue weighted by molar-refractivity contribution is 7.86. The van der Waals surface area contributed by atoms with Gasteiger partial charge in [0.05, 0.1) is 5.92 Å². The summed E-state index contributed by atoms with van der Waals surface area (Å²) < 4.78 is 36.5. The molecule has 1 saturated carbocycles. The first-order valence-corrected chi connectivity index (χ1v) is 10.2. The molecular weight excluding hydrogens is 344 g/mol. The van der Waals surface area contributed by atoms with E-state index in [0.717, 1.165) is 31.2 Å². The van der Waals surface area contributed by atoms with Gasteiger partial charge in [-0.2, -0.15) is 8.42 Å². The van der Waals surface area contributed by atoms with Crippen LogP contribution in [-0.2, 0) is 26.3 Å². The molecule has 0 aliphatic heterocycles. The molecule has 0 saturated heterocycles. The number of ether oxygens (including phenoxy) is 1. The van der Waals surface area contributed by atoms with Crippen molar-refractivity contribution >= 4 is 16.1 Å². The Kier molecular flexibility index (Phi) is 7.40. The van der Waals surface area contributed by atoms with Crippen LogP contribution in [0.5, 0.6) is 0 Å². The second-order valence-electron chi connectivity index (χ2n) is 6.74. The van der Waals surface area contributed by atoms with Crippen molar-refractivity contribution in [1.29, 1.82) is 0 Å². The molecule has 140 valence electrons. The topological polar surface area (TPSA) is 101 Å². The SMILES string of the molecule is O=C(OCc1ccccc1)C(CC1CCCCC1)C[C@@H](O)S(=O)(=O)O. The summed E-state index contributed by atoms with van der Waals surface area (Å²) in [5.41, 5.74) is -1.13. The minimum absolute atomic E-state index is 0.100. The summed E-state index contributed by atoms with van der Waals surface area (Å²) in [6.45, 7) is 0.100. The van der Waals surface area contributed by atoms with Gasteiger partial charge in [-0.25, -0.2) is 0 Å². The first kappa shape index (κ1) is 19.9. The second kappa shape index (κ2) is 9.31. The van der Waals surface area contributed by atoms with Crippen LogP contribution in [0.15, 0.2) is 30.3 Å². The molecule has 0 radical (unpaired) electrons. The maximum Gasteiger partial charge on any atom is 0.309 e. The number of aliphatic hydroxyl groups is 1. The fourth-order valence-electron chi connectivity index (χ4n) is 3.33. The molecule has 0 heterocycles. The molecule has 1 aromatic carbocycles. The Bertz CT molecular complexity index is 637. The number of benzene rings is 1. The van der Waals surface area contributed by atoms with Crippen LogP contribution >= 0.6 is 0 Å². The molecule has 0 spiro atoms. The van der Waals surface area contributed by atoms with Crippen LogP contribution < -0.4 is 0 Å². The third kappa shape index (κ3) is 6.76. The summed E-state index contributed by atoms with van der Waals surface area (Å²) in [6, 6.07) is 9.20. The highest BCUT2D eigenvalue weighted by Crippen LogP contribution is 2.31. The van der Waals surface area contributed by atoms with Crippen LogP contribution in [0.1, 0.15) is 50.5 Å². The molecule has 2 rings (SSSR count). The number of hydrogen-bond donors (Lipinski definition) is 2. The minimum atomic E-state index is -4.59. The summed E-state index contributed by atoms with van der Waals surface area (Å²) in [5.74, 6) is -0.961. The summed E-state index contributed by atoms with van der Waals surface area (Å²) in [4.78, 5) is 12.4. The summed E-state index contributed by atoms with van der Waals surface area (Å²) in [6.07, 6.45) is 5.47. The Morgan fingerprint density at radius 2 is 1.80 bits per heavy atom. The van der Waals surface area contributed by atoms with Crippen LogP contribution in [0, 0.1) is 11.8 Å². The van der Waals surface area contributed by atoms with E-state index in [0.29, 0.717) is 12.3 Å². The predicted molar refractivity (Wildman–Crippen MR) is 93.1 cm³/mol. The lowest BCUT2D eigenvalue weighted by atomic mass is 9.82. The van der Waals surface area contributed by atoms with E-state index in [4.69, 9.17) is 9.29 Å². The highest BCUT2D eigenvalue weighted by Gasteiger charge is 2.32. The number of aliphatic hydroxyl groups excluding tert-OH is 1. The molecule has 2 N–H and O–H groups in total. The van der Waals surface area contributed by atoms with Gasteiger partial charge < -0.3 is 9.84 Å². The fraction of sp³-hybridized carbons (Fsp3) is 0.611. The summed E-state index contributed by atoms with van der Waals surface area (Å²) in [7, 11) is -4.59. The molecule has 1 fully saturated rings. The largest absolute Gasteiger partial charge is 0.461 e. The van der Waals surface area contributed by atoms with Crippen molar-refractivity contribution in [3.05, 3.63) is 35.9 Å². The zero-order chi connectivity index (χ0) is 18.3. The third-order valence-electron chi connectivity index (χ3n) is 4.73. The quantitative estimate of drug-likeness (QED) is 0.539. The number of rotatable bonds is 8. The van der Waals surface area contributed by atoms with Crippen LogP contribution in [0.3, 0.4) is 0 Å². The summed E-state index contributed by atoms with van der Waals surface area (Å²) in [5, 5.41) is 9.67. The van der Waals surface area contributed by atoms with E-state index in [2.05, 4.69) is 0 Å². The van der Waals surface area contributed by atoms with Gasteiger partial charge in [0.2, 0.25) is 0 Å². The van der Waals surface area contributed by atoms with Crippen molar-refractivity contribution in [2.75, 3.05) is 0 Å². The molecule has 25 heavy (non-hydrogen) atoms. The maximum absolute atomic E-state index is 12.4. The van der Waals surface area contributed by atoms with Crippen LogP contribution in [0.25, 0.3) is 0 Å². The van der Waals surface area contributed by atoms with Gasteiger partial charge >= 0.3 is 5.97 Å². The molecule has 6 nitrogen and oxygen atoms in total. The van der Waals surface area contributed by atoms with Gasteiger partial charge in [-0.05, 0) is 17.9 Å². The van der Waals surface area contributed by atoms with Gasteiger partial charge in [0, 0.05) is 6.42 Å². The average molecular weight is 370 g/mol. The normalized spacial score (nSPS) is 18.5. The number of carbonyl (C=O) groups is 1. The molecule has 0 amide bonds. The van der Waals surface area contributed by atoms with E-state index >= 15 is 0 Å². The highest BCUT2D eigenvalue weighted by atomic mass is 32.2. The third-order valence-corrected chi connectivity index (χ3v) is 5.61. The van der Waals surface area contributed by atoms with Crippen molar-refractivity contribution in [3.8, 4) is 0 Å². The Morgan fingerprint density at radius 1 is 1.16 bits per heavy atom. The van der Waals surface area contributed by atoms with Crippen molar-refractivity contribution in [1.82, 2.24) is 0 Å². The van der Waals surface area contributed by atoms with Crippen LogP contribution in [0.2, 0.25) is 0 Å². The predicted octanol–water partition coefficient (Wildman–Crippen LogP) is 2.91. The summed E-state index contributed by atoms with van der Waals surface area (Å²) >= 11 is 0. The van der Waals surface area contributed by atoms with Gasteiger partial charge in [0.25, 0.3) is 10.1 Å². The Hall–Kier alpha value is -1.44. The second-order valence-corrected chi connectivity index (χ2v) is 8.31. The molecule has 1 unspecified atom stereocenters. The van der Waals surface area contributed by atoms with Crippen LogP contribution in [0.4, 0.5) is 0 Å². The molecule has 0 aromatic heterocycles. The lowest BCUT2D eigenvalue weighted by molar-refractivity contribution is -0.151. The minimum Gasteiger partial charge on any atom is -0.461 e. The lowest BCUT2D eigenvalue weighted by Crippen LogP contribution is -2.30. The Morgan fingerprint density at radius 3 is 2.40 bits per heavy atom. The molecular formula is C18H26O6S. The maximum atomic E-state index is 12.4. The molecule has 0 bridgehead atoms. The fourth-order valence-corrected chi connectivity index (χ4v) is 3.80.